The first kappa shape index (κ1) is 13.4. The molecule has 19 heavy (non-hydrogen) atoms. The second kappa shape index (κ2) is 5.41. The summed E-state index contributed by atoms with van der Waals surface area (Å²) in [6.07, 6.45) is 5.04. The zero-order valence-electron chi connectivity index (χ0n) is 12.3. The van der Waals surface area contributed by atoms with Crippen molar-refractivity contribution in [2.45, 2.75) is 45.6 Å². The van der Waals surface area contributed by atoms with Gasteiger partial charge in [0.25, 0.3) is 0 Å². The van der Waals surface area contributed by atoms with Gasteiger partial charge in [0.2, 0.25) is 0 Å². The Labute approximate surface area is 120 Å². The Kier molecular flexibility index (Phi) is 3.81. The number of thiazole rings is 1. The number of rotatable bonds is 3. The van der Waals surface area contributed by atoms with E-state index in [2.05, 4.69) is 31.1 Å². The first-order valence-electron chi connectivity index (χ1n) is 7.61. The zero-order chi connectivity index (χ0) is 13.4. The fraction of sp³-hybridized carbons (Fsp3) is 0.800. The fourth-order valence-electron chi connectivity index (χ4n) is 3.32. The van der Waals surface area contributed by atoms with Crippen molar-refractivity contribution in [1.82, 2.24) is 10.3 Å². The van der Waals surface area contributed by atoms with Crippen molar-refractivity contribution in [3.8, 4) is 0 Å². The van der Waals surface area contributed by atoms with Crippen molar-refractivity contribution in [2.24, 2.45) is 11.8 Å². The van der Waals surface area contributed by atoms with E-state index in [1.54, 1.807) is 0 Å². The summed E-state index contributed by atoms with van der Waals surface area (Å²) in [5.74, 6) is 1.64. The minimum Gasteiger partial charge on any atom is -0.348 e. The molecule has 1 fully saturated rings. The van der Waals surface area contributed by atoms with Gasteiger partial charge in [0.1, 0.15) is 0 Å². The monoisotopic (exact) mass is 279 g/mol. The second-order valence-corrected chi connectivity index (χ2v) is 7.29. The smallest absolute Gasteiger partial charge is 0.185 e. The quantitative estimate of drug-likeness (QED) is 0.921. The van der Waals surface area contributed by atoms with Gasteiger partial charge in [-0.2, -0.15) is 0 Å². The molecule has 106 valence electrons. The molecule has 2 aliphatic rings. The molecule has 3 rings (SSSR count). The molecule has 2 atom stereocenters. The highest BCUT2D eigenvalue weighted by atomic mass is 32.1. The number of hydrogen-bond acceptors (Lipinski definition) is 4. The van der Waals surface area contributed by atoms with Crippen LogP contribution in [0.15, 0.2) is 0 Å². The van der Waals surface area contributed by atoms with Crippen LogP contribution in [-0.4, -0.2) is 25.1 Å². The van der Waals surface area contributed by atoms with E-state index in [-0.39, 0.29) is 0 Å². The molecule has 0 bridgehead atoms. The Balaban J connectivity index is 1.78. The molecule has 1 aliphatic heterocycles. The molecule has 1 aliphatic carbocycles. The minimum absolute atomic E-state index is 0.540. The van der Waals surface area contributed by atoms with E-state index in [0.29, 0.717) is 6.04 Å². The molecule has 0 radical (unpaired) electrons. The molecule has 0 spiro atoms. The lowest BCUT2D eigenvalue weighted by molar-refractivity contribution is 0.422. The molecule has 0 aromatic carbocycles. The molecule has 1 N–H and O–H groups in total. The van der Waals surface area contributed by atoms with Crippen LogP contribution in [0.5, 0.6) is 0 Å². The predicted molar refractivity (Wildman–Crippen MR) is 82.0 cm³/mol. The summed E-state index contributed by atoms with van der Waals surface area (Å²) in [7, 11) is 2.07. The number of fused-ring (bicyclic) bond motifs is 1. The lowest BCUT2D eigenvalue weighted by Gasteiger charge is -2.19. The van der Waals surface area contributed by atoms with Crippen molar-refractivity contribution in [2.75, 3.05) is 25.0 Å². The van der Waals surface area contributed by atoms with Gasteiger partial charge in [-0.1, -0.05) is 25.2 Å². The Morgan fingerprint density at radius 3 is 2.89 bits per heavy atom. The topological polar surface area (TPSA) is 28.2 Å². The van der Waals surface area contributed by atoms with Gasteiger partial charge in [-0.05, 0) is 44.6 Å². The summed E-state index contributed by atoms with van der Waals surface area (Å²) in [5, 5.41) is 4.72. The summed E-state index contributed by atoms with van der Waals surface area (Å²) >= 11 is 1.93. The van der Waals surface area contributed by atoms with E-state index in [1.165, 1.54) is 54.5 Å². The minimum atomic E-state index is 0.540. The van der Waals surface area contributed by atoms with Gasteiger partial charge in [-0.3, -0.25) is 0 Å². The van der Waals surface area contributed by atoms with Crippen LogP contribution in [0.2, 0.25) is 0 Å². The molecule has 4 heteroatoms. The molecule has 1 aromatic heterocycles. The number of nitrogens with one attached hydrogen (secondary N) is 1. The van der Waals surface area contributed by atoms with Gasteiger partial charge in [-0.15, -0.1) is 0 Å². The molecule has 1 saturated heterocycles. The number of nitrogens with zero attached hydrogens (tertiary/aromatic N) is 2. The molecular formula is C15H25N3S. The van der Waals surface area contributed by atoms with E-state index in [9.17, 15) is 0 Å². The Hall–Kier alpha value is -0.610. The van der Waals surface area contributed by atoms with Crippen LogP contribution in [-0.2, 0) is 6.42 Å². The van der Waals surface area contributed by atoms with E-state index in [4.69, 9.17) is 4.98 Å². The Morgan fingerprint density at radius 2 is 2.21 bits per heavy atom. The molecule has 1 aromatic rings. The van der Waals surface area contributed by atoms with E-state index < -0.39 is 0 Å². The summed E-state index contributed by atoms with van der Waals surface area (Å²) in [6, 6.07) is 0.540. The Bertz CT molecular complexity index is 441. The highest BCUT2D eigenvalue weighted by molar-refractivity contribution is 7.15. The Morgan fingerprint density at radius 1 is 1.37 bits per heavy atom. The third kappa shape index (κ3) is 2.52. The van der Waals surface area contributed by atoms with Crippen molar-refractivity contribution in [3.63, 3.8) is 0 Å². The average molecular weight is 279 g/mol. The van der Waals surface area contributed by atoms with Gasteiger partial charge in [0.05, 0.1) is 5.69 Å². The summed E-state index contributed by atoms with van der Waals surface area (Å²) in [6.45, 7) is 7.09. The van der Waals surface area contributed by atoms with Crippen LogP contribution in [0.4, 0.5) is 5.13 Å². The molecule has 3 nitrogen and oxygen atoms in total. The van der Waals surface area contributed by atoms with Crippen LogP contribution in [0.3, 0.4) is 0 Å². The summed E-state index contributed by atoms with van der Waals surface area (Å²) in [5.41, 5.74) is 1.36. The van der Waals surface area contributed by atoms with Gasteiger partial charge in [0, 0.05) is 24.0 Å². The lowest BCUT2D eigenvalue weighted by Crippen LogP contribution is -2.21. The lowest BCUT2D eigenvalue weighted by atomic mass is 9.95. The molecule has 2 heterocycles. The number of anilines is 1. The van der Waals surface area contributed by atoms with Crippen LogP contribution in [0.25, 0.3) is 0 Å². The number of aromatic nitrogens is 1. The maximum Gasteiger partial charge on any atom is 0.185 e. The number of aryl methyl sites for hydroxylation is 1. The maximum atomic E-state index is 4.93. The standard InChI is InChI=1S/C15H25N3S/c1-10(2)11-7-8-18(9-11)15-17-13-6-4-5-12(16-3)14(13)19-15/h10-12,16H,4-9H2,1-3H3. The average Bonchev–Trinajstić information content (AvgIpc) is 3.04. The van der Waals surface area contributed by atoms with E-state index in [0.717, 1.165) is 11.8 Å². The molecule has 0 amide bonds. The van der Waals surface area contributed by atoms with Gasteiger partial charge in [-0.25, -0.2) is 4.98 Å². The number of hydrogen-bond donors (Lipinski definition) is 1. The highest BCUT2D eigenvalue weighted by Crippen LogP contribution is 2.39. The third-order valence-electron chi connectivity index (χ3n) is 4.73. The molecule has 2 unspecified atom stereocenters. The van der Waals surface area contributed by atoms with Crippen LogP contribution >= 0.6 is 11.3 Å². The van der Waals surface area contributed by atoms with Crippen molar-refractivity contribution >= 4 is 16.5 Å². The maximum absolute atomic E-state index is 4.93. The van der Waals surface area contributed by atoms with Gasteiger partial charge in [0.15, 0.2) is 5.13 Å². The first-order valence-corrected chi connectivity index (χ1v) is 8.42. The zero-order valence-corrected chi connectivity index (χ0v) is 13.1. The van der Waals surface area contributed by atoms with Crippen LogP contribution in [0, 0.1) is 11.8 Å². The van der Waals surface area contributed by atoms with Crippen LogP contribution < -0.4 is 10.2 Å². The molecule has 0 saturated carbocycles. The predicted octanol–water partition coefficient (Wildman–Crippen LogP) is 3.22. The SMILES string of the molecule is CNC1CCCc2nc(N3CCC(C(C)C)C3)sc21. The first-order chi connectivity index (χ1) is 9.19. The highest BCUT2D eigenvalue weighted by Gasteiger charge is 2.29. The van der Waals surface area contributed by atoms with Crippen molar-refractivity contribution < 1.29 is 0 Å². The summed E-state index contributed by atoms with van der Waals surface area (Å²) in [4.78, 5) is 8.94. The van der Waals surface area contributed by atoms with E-state index >= 15 is 0 Å². The second-order valence-electron chi connectivity index (χ2n) is 6.28. The molecular weight excluding hydrogens is 254 g/mol. The van der Waals surface area contributed by atoms with Crippen LogP contribution in [0.1, 0.15) is 49.7 Å². The van der Waals surface area contributed by atoms with Gasteiger partial charge < -0.3 is 10.2 Å². The third-order valence-corrected chi connectivity index (χ3v) is 6.00. The van der Waals surface area contributed by atoms with Crippen molar-refractivity contribution in [1.29, 1.82) is 0 Å². The summed E-state index contributed by atoms with van der Waals surface area (Å²) < 4.78 is 0. The van der Waals surface area contributed by atoms with Gasteiger partial charge >= 0.3 is 0 Å². The van der Waals surface area contributed by atoms with Crippen molar-refractivity contribution in [3.05, 3.63) is 10.6 Å². The van der Waals surface area contributed by atoms with E-state index in [1.807, 2.05) is 11.3 Å². The fourth-order valence-corrected chi connectivity index (χ4v) is 4.61. The normalized spacial score (nSPS) is 27.1. The largest absolute Gasteiger partial charge is 0.348 e.